The van der Waals surface area contributed by atoms with E-state index in [-0.39, 0.29) is 23.9 Å². The van der Waals surface area contributed by atoms with Crippen molar-refractivity contribution in [2.75, 3.05) is 39.3 Å². The number of piperazine rings is 1. The van der Waals surface area contributed by atoms with Crippen molar-refractivity contribution in [3.05, 3.63) is 29.7 Å². The van der Waals surface area contributed by atoms with E-state index in [0.29, 0.717) is 23.8 Å². The Kier molecular flexibility index (Phi) is 6.83. The van der Waals surface area contributed by atoms with Crippen molar-refractivity contribution in [3.8, 4) is 0 Å². The van der Waals surface area contributed by atoms with Gasteiger partial charge in [-0.05, 0) is 45.6 Å². The largest absolute Gasteiger partial charge is 0.349 e. The molecule has 1 aliphatic carbocycles. The summed E-state index contributed by atoms with van der Waals surface area (Å²) in [6.07, 6.45) is 9.63. The number of amides is 2. The number of hydrogen-bond acceptors (Lipinski definition) is 6. The van der Waals surface area contributed by atoms with E-state index in [0.717, 1.165) is 64.1 Å². The van der Waals surface area contributed by atoms with Crippen LogP contribution in [0, 0.1) is 0 Å². The molecule has 34 heavy (non-hydrogen) atoms. The van der Waals surface area contributed by atoms with E-state index < -0.39 is 0 Å². The van der Waals surface area contributed by atoms with Gasteiger partial charge in [0.25, 0.3) is 5.91 Å². The van der Waals surface area contributed by atoms with Crippen LogP contribution in [0.5, 0.6) is 0 Å². The van der Waals surface area contributed by atoms with Crippen LogP contribution in [0.3, 0.4) is 0 Å². The molecule has 1 saturated carbocycles. The summed E-state index contributed by atoms with van der Waals surface area (Å²) in [5, 5.41) is 7.67. The summed E-state index contributed by atoms with van der Waals surface area (Å²) >= 11 is 0. The number of nitrogens with one attached hydrogen (secondary N) is 1. The van der Waals surface area contributed by atoms with Gasteiger partial charge in [-0.15, -0.1) is 0 Å². The number of aromatic nitrogens is 3. The Morgan fingerprint density at radius 3 is 2.56 bits per heavy atom. The van der Waals surface area contributed by atoms with E-state index in [9.17, 15) is 9.59 Å². The normalized spacial score (nSPS) is 22.8. The van der Waals surface area contributed by atoms with E-state index in [1.54, 1.807) is 16.9 Å². The maximum absolute atomic E-state index is 13.3. The second kappa shape index (κ2) is 10.00. The van der Waals surface area contributed by atoms with Gasteiger partial charge in [-0.25, -0.2) is 9.50 Å². The molecule has 9 heteroatoms. The second-order valence-electron chi connectivity index (χ2n) is 10.3. The predicted octanol–water partition coefficient (Wildman–Crippen LogP) is 2.09. The Labute approximate surface area is 201 Å². The molecule has 3 aliphatic rings. The molecule has 0 spiro atoms. The van der Waals surface area contributed by atoms with Gasteiger partial charge in [-0.3, -0.25) is 19.4 Å². The summed E-state index contributed by atoms with van der Waals surface area (Å²) in [6.45, 7) is 9.56. The van der Waals surface area contributed by atoms with Crippen LogP contribution in [-0.2, 0) is 4.79 Å². The zero-order valence-corrected chi connectivity index (χ0v) is 20.4. The molecule has 2 aromatic heterocycles. The van der Waals surface area contributed by atoms with Crippen molar-refractivity contribution in [3.63, 3.8) is 0 Å². The number of nitrogens with zero attached hydrogens (tertiary/aromatic N) is 6. The van der Waals surface area contributed by atoms with Crippen LogP contribution >= 0.6 is 0 Å². The van der Waals surface area contributed by atoms with Gasteiger partial charge in [-0.2, -0.15) is 5.10 Å². The highest BCUT2D eigenvalue weighted by Gasteiger charge is 2.33. The SMILES string of the molecule is CC(C)N1CCN(CC(=O)N2CCC[C@@H]2c2ccnc3c(C(=O)NC4CCCC4)cnn23)CC1. The van der Waals surface area contributed by atoms with Crippen LogP contribution in [0.4, 0.5) is 0 Å². The van der Waals surface area contributed by atoms with Gasteiger partial charge in [0.05, 0.1) is 24.5 Å². The fourth-order valence-corrected chi connectivity index (χ4v) is 5.75. The van der Waals surface area contributed by atoms with Crippen LogP contribution in [0.25, 0.3) is 5.65 Å². The van der Waals surface area contributed by atoms with E-state index in [1.165, 1.54) is 12.8 Å². The number of carbonyl (C=O) groups excluding carboxylic acids is 2. The molecule has 3 fully saturated rings. The lowest BCUT2D eigenvalue weighted by molar-refractivity contribution is -0.134. The average Bonchev–Trinajstić information content (AvgIpc) is 3.59. The first kappa shape index (κ1) is 23.2. The van der Waals surface area contributed by atoms with Crippen LogP contribution in [0.15, 0.2) is 18.5 Å². The molecule has 4 heterocycles. The van der Waals surface area contributed by atoms with Crippen molar-refractivity contribution in [2.24, 2.45) is 0 Å². The highest BCUT2D eigenvalue weighted by Crippen LogP contribution is 2.32. The lowest BCUT2D eigenvalue weighted by atomic mass is 10.1. The molecule has 0 unspecified atom stereocenters. The summed E-state index contributed by atoms with van der Waals surface area (Å²) in [7, 11) is 0. The first-order valence-electron chi connectivity index (χ1n) is 12.9. The first-order chi connectivity index (χ1) is 16.5. The molecule has 9 nitrogen and oxygen atoms in total. The summed E-state index contributed by atoms with van der Waals surface area (Å²) in [5.41, 5.74) is 2.00. The fourth-order valence-electron chi connectivity index (χ4n) is 5.75. The fraction of sp³-hybridized carbons (Fsp3) is 0.680. The van der Waals surface area contributed by atoms with Gasteiger partial charge >= 0.3 is 0 Å². The summed E-state index contributed by atoms with van der Waals surface area (Å²) in [4.78, 5) is 37.4. The Balaban J connectivity index is 1.29. The molecule has 184 valence electrons. The van der Waals surface area contributed by atoms with Crippen LogP contribution in [0.2, 0.25) is 0 Å². The van der Waals surface area contributed by atoms with Crippen molar-refractivity contribution >= 4 is 17.5 Å². The van der Waals surface area contributed by atoms with Crippen molar-refractivity contribution < 1.29 is 9.59 Å². The number of fused-ring (bicyclic) bond motifs is 1. The minimum Gasteiger partial charge on any atom is -0.349 e. The highest BCUT2D eigenvalue weighted by atomic mass is 16.2. The van der Waals surface area contributed by atoms with Crippen molar-refractivity contribution in [1.29, 1.82) is 0 Å². The zero-order chi connectivity index (χ0) is 23.7. The third-order valence-corrected chi connectivity index (χ3v) is 7.78. The van der Waals surface area contributed by atoms with E-state index in [4.69, 9.17) is 0 Å². The minimum absolute atomic E-state index is 0.0411. The van der Waals surface area contributed by atoms with Gasteiger partial charge in [0.1, 0.15) is 5.56 Å². The van der Waals surface area contributed by atoms with Crippen molar-refractivity contribution in [1.82, 2.24) is 34.6 Å². The molecular weight excluding hydrogens is 430 g/mol. The topological polar surface area (TPSA) is 86.1 Å². The lowest BCUT2D eigenvalue weighted by Gasteiger charge is -2.37. The molecule has 2 saturated heterocycles. The number of carbonyl (C=O) groups is 2. The van der Waals surface area contributed by atoms with Gasteiger partial charge in [0.15, 0.2) is 5.65 Å². The summed E-state index contributed by atoms with van der Waals surface area (Å²) < 4.78 is 1.77. The Morgan fingerprint density at radius 2 is 1.82 bits per heavy atom. The van der Waals surface area contributed by atoms with E-state index in [2.05, 4.69) is 39.0 Å². The molecule has 0 radical (unpaired) electrons. The quantitative estimate of drug-likeness (QED) is 0.700. The molecule has 2 aromatic rings. The lowest BCUT2D eigenvalue weighted by Crippen LogP contribution is -2.51. The molecule has 1 atom stereocenters. The van der Waals surface area contributed by atoms with Gasteiger partial charge in [-0.1, -0.05) is 12.8 Å². The number of hydrogen-bond donors (Lipinski definition) is 1. The summed E-state index contributed by atoms with van der Waals surface area (Å²) in [6, 6.07) is 2.70. The van der Waals surface area contributed by atoms with E-state index in [1.807, 2.05) is 11.0 Å². The molecule has 2 aliphatic heterocycles. The Hall–Kier alpha value is -2.52. The third-order valence-electron chi connectivity index (χ3n) is 7.78. The Morgan fingerprint density at radius 1 is 1.06 bits per heavy atom. The smallest absolute Gasteiger partial charge is 0.256 e. The zero-order valence-electron chi connectivity index (χ0n) is 20.4. The van der Waals surface area contributed by atoms with Gasteiger partial charge in [0.2, 0.25) is 5.91 Å². The minimum atomic E-state index is -0.105. The Bertz CT molecular complexity index is 1020. The number of rotatable bonds is 6. The van der Waals surface area contributed by atoms with Crippen molar-refractivity contribution in [2.45, 2.75) is 70.5 Å². The molecule has 2 amide bonds. The first-order valence-corrected chi connectivity index (χ1v) is 12.9. The maximum Gasteiger partial charge on any atom is 0.256 e. The highest BCUT2D eigenvalue weighted by molar-refractivity contribution is 5.99. The van der Waals surface area contributed by atoms with Crippen LogP contribution in [0.1, 0.15) is 74.5 Å². The average molecular weight is 468 g/mol. The third kappa shape index (κ3) is 4.68. The predicted molar refractivity (Wildman–Crippen MR) is 130 cm³/mol. The molecule has 0 aromatic carbocycles. The molecule has 5 rings (SSSR count). The number of likely N-dealkylation sites (tertiary alicyclic amines) is 1. The molecule has 1 N–H and O–H groups in total. The van der Waals surface area contributed by atoms with E-state index >= 15 is 0 Å². The second-order valence-corrected chi connectivity index (χ2v) is 10.3. The standard InChI is InChI=1S/C25H37N7O2/c1-18(2)30-14-12-29(13-15-30)17-23(33)31-11-5-8-21(31)22-9-10-26-24-20(16-27-32(22)24)25(34)28-19-6-3-4-7-19/h9-10,16,18-19,21H,3-8,11-15,17H2,1-2H3,(H,28,34)/t21-/m1/s1. The monoisotopic (exact) mass is 467 g/mol. The molecular formula is C25H37N7O2. The van der Waals surface area contributed by atoms with Gasteiger partial charge in [0, 0.05) is 51.0 Å². The van der Waals surface area contributed by atoms with Crippen LogP contribution < -0.4 is 5.32 Å². The van der Waals surface area contributed by atoms with Gasteiger partial charge < -0.3 is 10.2 Å². The molecule has 0 bridgehead atoms. The van der Waals surface area contributed by atoms with Crippen LogP contribution in [-0.4, -0.2) is 92.5 Å². The maximum atomic E-state index is 13.3. The summed E-state index contributed by atoms with van der Waals surface area (Å²) in [5.74, 6) is 0.0725.